The van der Waals surface area contributed by atoms with Crippen molar-refractivity contribution in [3.63, 3.8) is 0 Å². The van der Waals surface area contributed by atoms with E-state index in [1.165, 1.54) is 0 Å². The lowest BCUT2D eigenvalue weighted by Gasteiger charge is -2.32. The molecule has 168 valence electrons. The molecule has 0 unspecified atom stereocenters. The van der Waals surface area contributed by atoms with Crippen molar-refractivity contribution in [2.24, 2.45) is 11.8 Å². The summed E-state index contributed by atoms with van der Waals surface area (Å²) >= 11 is 0. The van der Waals surface area contributed by atoms with Crippen LogP contribution in [0.2, 0.25) is 0 Å². The largest absolute Gasteiger partial charge is 0.394 e. The SMILES string of the molecule is CC[C@H](NC(=O)[C@@H](NC(=O)[C@H](CO)NC)C1CCCCC1)C(=O)N[C@H](C)C(C)C. The lowest BCUT2D eigenvalue weighted by atomic mass is 9.83. The van der Waals surface area contributed by atoms with Gasteiger partial charge in [0.05, 0.1) is 6.61 Å². The van der Waals surface area contributed by atoms with Crippen molar-refractivity contribution in [2.75, 3.05) is 13.7 Å². The van der Waals surface area contributed by atoms with Gasteiger partial charge in [-0.15, -0.1) is 0 Å². The molecular formula is C21H40N4O4. The molecule has 0 bridgehead atoms. The molecular weight excluding hydrogens is 372 g/mol. The minimum atomic E-state index is -0.772. The van der Waals surface area contributed by atoms with Gasteiger partial charge in [0.2, 0.25) is 17.7 Å². The first kappa shape index (κ1) is 25.4. The van der Waals surface area contributed by atoms with Crippen LogP contribution >= 0.6 is 0 Å². The smallest absolute Gasteiger partial charge is 0.243 e. The fourth-order valence-electron chi connectivity index (χ4n) is 3.53. The number of likely N-dealkylation sites (N-methyl/N-ethyl adjacent to an activating group) is 1. The maximum atomic E-state index is 13.1. The quantitative estimate of drug-likeness (QED) is 0.342. The summed E-state index contributed by atoms with van der Waals surface area (Å²) in [5.41, 5.74) is 0. The molecule has 5 N–H and O–H groups in total. The van der Waals surface area contributed by atoms with Crippen LogP contribution in [-0.2, 0) is 14.4 Å². The monoisotopic (exact) mass is 412 g/mol. The summed E-state index contributed by atoms with van der Waals surface area (Å²) in [6.07, 6.45) is 5.34. The average molecular weight is 413 g/mol. The molecule has 0 saturated heterocycles. The van der Waals surface area contributed by atoms with Crippen LogP contribution < -0.4 is 21.3 Å². The van der Waals surface area contributed by atoms with Gasteiger partial charge in [-0.2, -0.15) is 0 Å². The van der Waals surface area contributed by atoms with Gasteiger partial charge in [0.15, 0.2) is 0 Å². The highest BCUT2D eigenvalue weighted by molar-refractivity contribution is 5.93. The van der Waals surface area contributed by atoms with E-state index in [0.29, 0.717) is 12.3 Å². The first-order chi connectivity index (χ1) is 13.7. The third kappa shape index (κ3) is 7.93. The Morgan fingerprint density at radius 1 is 0.897 bits per heavy atom. The summed E-state index contributed by atoms with van der Waals surface area (Å²) < 4.78 is 0. The molecule has 1 aliphatic carbocycles. The third-order valence-corrected chi connectivity index (χ3v) is 5.96. The Morgan fingerprint density at radius 3 is 1.97 bits per heavy atom. The van der Waals surface area contributed by atoms with Crippen molar-refractivity contribution in [3.8, 4) is 0 Å². The topological polar surface area (TPSA) is 120 Å². The molecule has 0 spiro atoms. The van der Waals surface area contributed by atoms with Gasteiger partial charge >= 0.3 is 0 Å². The Morgan fingerprint density at radius 2 is 1.48 bits per heavy atom. The number of nitrogens with one attached hydrogen (secondary N) is 4. The maximum Gasteiger partial charge on any atom is 0.243 e. The molecule has 0 aromatic rings. The van der Waals surface area contributed by atoms with Gasteiger partial charge in [0.1, 0.15) is 18.1 Å². The molecule has 1 fully saturated rings. The van der Waals surface area contributed by atoms with E-state index in [0.717, 1.165) is 32.1 Å². The van der Waals surface area contributed by atoms with Crippen molar-refractivity contribution in [1.82, 2.24) is 21.3 Å². The fraction of sp³-hybridized carbons (Fsp3) is 0.857. The zero-order valence-electron chi connectivity index (χ0n) is 18.6. The van der Waals surface area contributed by atoms with Gasteiger partial charge in [-0.05, 0) is 45.1 Å². The molecule has 0 aliphatic heterocycles. The van der Waals surface area contributed by atoms with E-state index in [4.69, 9.17) is 0 Å². The summed E-state index contributed by atoms with van der Waals surface area (Å²) in [4.78, 5) is 38.2. The molecule has 3 amide bonds. The van der Waals surface area contributed by atoms with Crippen LogP contribution in [0.25, 0.3) is 0 Å². The molecule has 29 heavy (non-hydrogen) atoms. The predicted molar refractivity (Wildman–Crippen MR) is 113 cm³/mol. The Bertz CT molecular complexity index is 531. The van der Waals surface area contributed by atoms with E-state index in [2.05, 4.69) is 21.3 Å². The van der Waals surface area contributed by atoms with Crippen LogP contribution in [0.4, 0.5) is 0 Å². The molecule has 0 heterocycles. The fourth-order valence-corrected chi connectivity index (χ4v) is 3.53. The van der Waals surface area contributed by atoms with Crippen molar-refractivity contribution >= 4 is 17.7 Å². The number of carbonyl (C=O) groups is 3. The van der Waals surface area contributed by atoms with Gasteiger partial charge < -0.3 is 26.4 Å². The lowest BCUT2D eigenvalue weighted by Crippen LogP contribution is -2.59. The van der Waals surface area contributed by atoms with Crippen molar-refractivity contribution in [3.05, 3.63) is 0 Å². The highest BCUT2D eigenvalue weighted by Gasteiger charge is 2.34. The van der Waals surface area contributed by atoms with Crippen LogP contribution in [0.15, 0.2) is 0 Å². The Hall–Kier alpha value is -1.67. The molecule has 1 aliphatic rings. The second-order valence-electron chi connectivity index (χ2n) is 8.42. The minimum Gasteiger partial charge on any atom is -0.394 e. The van der Waals surface area contributed by atoms with Crippen molar-refractivity contribution in [1.29, 1.82) is 0 Å². The Balaban J connectivity index is 2.88. The summed E-state index contributed by atoms with van der Waals surface area (Å²) in [6, 6.07) is -2.13. The van der Waals surface area contributed by atoms with Crippen LogP contribution in [0.5, 0.6) is 0 Å². The molecule has 0 aromatic carbocycles. The van der Waals surface area contributed by atoms with Gasteiger partial charge in [0, 0.05) is 6.04 Å². The summed E-state index contributed by atoms with van der Waals surface area (Å²) in [6.45, 7) is 7.49. The van der Waals surface area contributed by atoms with Crippen LogP contribution in [-0.4, -0.2) is 60.6 Å². The molecule has 4 atom stereocenters. The van der Waals surface area contributed by atoms with E-state index in [1.807, 2.05) is 27.7 Å². The van der Waals surface area contributed by atoms with Crippen molar-refractivity contribution in [2.45, 2.75) is 90.4 Å². The molecule has 1 rings (SSSR count). The maximum absolute atomic E-state index is 13.1. The van der Waals surface area contributed by atoms with E-state index < -0.39 is 24.0 Å². The Labute approximate surface area is 175 Å². The highest BCUT2D eigenvalue weighted by atomic mass is 16.3. The predicted octanol–water partition coefficient (Wildman–Crippen LogP) is 0.687. The zero-order valence-corrected chi connectivity index (χ0v) is 18.6. The molecule has 8 nitrogen and oxygen atoms in total. The summed E-state index contributed by atoms with van der Waals surface area (Å²) in [7, 11) is 1.59. The molecule has 1 saturated carbocycles. The number of carbonyl (C=O) groups excluding carboxylic acids is 3. The summed E-state index contributed by atoms with van der Waals surface area (Å²) in [5.74, 6) is -0.638. The van der Waals surface area contributed by atoms with E-state index in [-0.39, 0.29) is 30.4 Å². The molecule has 0 radical (unpaired) electrons. The van der Waals surface area contributed by atoms with Gasteiger partial charge in [-0.25, -0.2) is 0 Å². The average Bonchev–Trinajstić information content (AvgIpc) is 2.71. The van der Waals surface area contributed by atoms with Crippen LogP contribution in [0.1, 0.15) is 66.2 Å². The second-order valence-corrected chi connectivity index (χ2v) is 8.42. The number of hydrogen-bond donors (Lipinski definition) is 5. The normalized spacial score (nSPS) is 19.1. The number of aliphatic hydroxyl groups excluding tert-OH is 1. The second kappa shape index (κ2) is 12.8. The van der Waals surface area contributed by atoms with E-state index in [9.17, 15) is 19.5 Å². The third-order valence-electron chi connectivity index (χ3n) is 5.96. The molecule has 0 aromatic heterocycles. The summed E-state index contributed by atoms with van der Waals surface area (Å²) in [5, 5.41) is 20.7. The number of hydrogen-bond acceptors (Lipinski definition) is 5. The number of rotatable bonds is 11. The van der Waals surface area contributed by atoms with Gasteiger partial charge in [-0.3, -0.25) is 14.4 Å². The van der Waals surface area contributed by atoms with Crippen molar-refractivity contribution < 1.29 is 19.5 Å². The zero-order chi connectivity index (χ0) is 22.0. The van der Waals surface area contributed by atoms with Crippen LogP contribution in [0.3, 0.4) is 0 Å². The van der Waals surface area contributed by atoms with E-state index in [1.54, 1.807) is 7.05 Å². The van der Waals surface area contributed by atoms with E-state index >= 15 is 0 Å². The van der Waals surface area contributed by atoms with Crippen LogP contribution in [0, 0.1) is 11.8 Å². The minimum absolute atomic E-state index is 0.00300. The first-order valence-electron chi connectivity index (χ1n) is 10.9. The highest BCUT2D eigenvalue weighted by Crippen LogP contribution is 2.27. The molecule has 8 heteroatoms. The first-order valence-corrected chi connectivity index (χ1v) is 10.9. The number of aliphatic hydroxyl groups is 1. The lowest BCUT2D eigenvalue weighted by molar-refractivity contribution is -0.134. The standard InChI is InChI=1S/C21H40N4O4/c1-6-16(19(27)23-14(4)13(2)3)24-21(29)18(15-10-8-7-9-11-15)25-20(28)17(12-26)22-5/h13-18,22,26H,6-12H2,1-5H3,(H,23,27)(H,24,29)(H,25,28)/t14-,16+,17+,18+/m1/s1. The van der Waals surface area contributed by atoms with Gasteiger partial charge in [0.25, 0.3) is 0 Å². The Kier molecular flexibility index (Phi) is 11.2. The van der Waals surface area contributed by atoms with Gasteiger partial charge in [-0.1, -0.05) is 40.0 Å². The number of amides is 3.